The Hall–Kier alpha value is -0.800. The SMILES string of the molecule is Br.C/C=C/c1c(C=C=C(C)S)c(F)c(C)c2c1COC2.CCC. The van der Waals surface area contributed by atoms with Crippen molar-refractivity contribution in [1.82, 2.24) is 0 Å². The van der Waals surface area contributed by atoms with Gasteiger partial charge in [-0.1, -0.05) is 32.4 Å². The van der Waals surface area contributed by atoms with Gasteiger partial charge in [0.05, 0.1) is 13.2 Å². The third-order valence-corrected chi connectivity index (χ3v) is 3.38. The van der Waals surface area contributed by atoms with E-state index in [0.717, 1.165) is 21.6 Å². The van der Waals surface area contributed by atoms with Crippen LogP contribution in [0.1, 0.15) is 61.9 Å². The smallest absolute Gasteiger partial charge is 0.134 e. The van der Waals surface area contributed by atoms with Crippen LogP contribution in [0, 0.1) is 12.7 Å². The number of ether oxygens (including phenoxy) is 1. The molecule has 1 heterocycles. The lowest BCUT2D eigenvalue weighted by Gasteiger charge is -2.12. The summed E-state index contributed by atoms with van der Waals surface area (Å²) in [7, 11) is 0. The maximum atomic E-state index is 14.5. The van der Waals surface area contributed by atoms with Crippen LogP contribution >= 0.6 is 29.6 Å². The van der Waals surface area contributed by atoms with Gasteiger partial charge in [-0.2, -0.15) is 0 Å². The highest BCUT2D eigenvalue weighted by Gasteiger charge is 2.23. The minimum Gasteiger partial charge on any atom is -0.372 e. The summed E-state index contributed by atoms with van der Waals surface area (Å²) >= 11 is 4.17. The highest BCUT2D eigenvalue weighted by atomic mass is 79.9. The third kappa shape index (κ3) is 5.65. The molecule has 0 N–H and O–H groups in total. The summed E-state index contributed by atoms with van der Waals surface area (Å²) in [5, 5.41) is 0. The van der Waals surface area contributed by atoms with Crippen LogP contribution in [0.25, 0.3) is 12.2 Å². The summed E-state index contributed by atoms with van der Waals surface area (Å²) < 4.78 is 20.0. The van der Waals surface area contributed by atoms with Crippen molar-refractivity contribution in [2.45, 2.75) is 54.3 Å². The normalized spacial score (nSPS) is 12.0. The van der Waals surface area contributed by atoms with Crippen LogP contribution in [0.5, 0.6) is 0 Å². The molecule has 0 aliphatic carbocycles. The molecule has 0 saturated heterocycles. The standard InChI is InChI=1S/C16H17FOS.C3H8.BrH/c1-4-5-12-13(7-6-10(2)19)16(17)11(3)14-8-18-9-15(12)14;1-3-2;/h4-5,7,19H,8-9H2,1-3H3;3H2,1-2H3;1H/b5-4+;;. The second-order valence-corrected chi connectivity index (χ2v) is 5.97. The molecule has 128 valence electrons. The van der Waals surface area contributed by atoms with Gasteiger partial charge in [-0.05, 0) is 49.1 Å². The summed E-state index contributed by atoms with van der Waals surface area (Å²) in [5.74, 6) is -0.195. The zero-order valence-corrected chi connectivity index (χ0v) is 17.1. The molecule has 4 heteroatoms. The van der Waals surface area contributed by atoms with Crippen LogP contribution in [-0.4, -0.2) is 0 Å². The van der Waals surface area contributed by atoms with Crippen molar-refractivity contribution in [1.29, 1.82) is 0 Å². The van der Waals surface area contributed by atoms with Crippen LogP contribution in [0.2, 0.25) is 0 Å². The number of allylic oxidation sites excluding steroid dienone is 2. The van der Waals surface area contributed by atoms with E-state index in [4.69, 9.17) is 4.74 Å². The van der Waals surface area contributed by atoms with Gasteiger partial charge in [0, 0.05) is 10.5 Å². The fourth-order valence-corrected chi connectivity index (χ4v) is 2.36. The molecule has 2 rings (SSSR count). The van der Waals surface area contributed by atoms with Gasteiger partial charge in [-0.15, -0.1) is 35.3 Å². The van der Waals surface area contributed by atoms with Crippen LogP contribution in [0.4, 0.5) is 4.39 Å². The Labute approximate surface area is 155 Å². The minimum absolute atomic E-state index is 0. The molecule has 0 amide bonds. The zero-order valence-electron chi connectivity index (χ0n) is 14.5. The first-order valence-electron chi connectivity index (χ1n) is 7.64. The second-order valence-electron chi connectivity index (χ2n) is 5.30. The molecule has 23 heavy (non-hydrogen) atoms. The van der Waals surface area contributed by atoms with E-state index in [-0.39, 0.29) is 22.8 Å². The quantitative estimate of drug-likeness (QED) is 0.432. The van der Waals surface area contributed by atoms with E-state index in [9.17, 15) is 4.39 Å². The van der Waals surface area contributed by atoms with Gasteiger partial charge in [0.1, 0.15) is 5.82 Å². The van der Waals surface area contributed by atoms with Crippen molar-refractivity contribution >= 4 is 41.8 Å². The fraction of sp³-hybridized carbons (Fsp3) is 0.421. The first kappa shape index (κ1) is 22.2. The first-order chi connectivity index (χ1) is 10.5. The lowest BCUT2D eigenvalue weighted by molar-refractivity contribution is 0.134. The second kappa shape index (κ2) is 10.9. The Morgan fingerprint density at radius 2 is 1.83 bits per heavy atom. The average molecular weight is 401 g/mol. The third-order valence-electron chi connectivity index (χ3n) is 3.25. The molecule has 1 aliphatic rings. The monoisotopic (exact) mass is 400 g/mol. The lowest BCUT2D eigenvalue weighted by Crippen LogP contribution is -2.01. The largest absolute Gasteiger partial charge is 0.372 e. The van der Waals surface area contributed by atoms with Crippen molar-refractivity contribution in [2.75, 3.05) is 0 Å². The average Bonchev–Trinajstić information content (AvgIpc) is 2.94. The van der Waals surface area contributed by atoms with Gasteiger partial charge in [-0.25, -0.2) is 4.39 Å². The van der Waals surface area contributed by atoms with E-state index in [1.54, 1.807) is 13.0 Å². The molecule has 0 unspecified atom stereocenters. The zero-order chi connectivity index (χ0) is 16.7. The molecule has 1 aliphatic heterocycles. The maximum Gasteiger partial charge on any atom is 0.134 e. The van der Waals surface area contributed by atoms with Crippen LogP contribution in [-0.2, 0) is 18.0 Å². The Balaban J connectivity index is 0.00000112. The molecule has 1 aromatic carbocycles. The number of hydrogen-bond donors (Lipinski definition) is 1. The molecule has 1 nitrogen and oxygen atoms in total. The number of thiol groups is 1. The van der Waals surface area contributed by atoms with E-state index in [0.29, 0.717) is 24.3 Å². The molecule has 0 radical (unpaired) electrons. The van der Waals surface area contributed by atoms with Crippen molar-refractivity contribution in [3.63, 3.8) is 0 Å². The number of halogens is 2. The molecule has 0 aromatic heterocycles. The van der Waals surface area contributed by atoms with Gasteiger partial charge >= 0.3 is 0 Å². The predicted octanol–water partition coefficient (Wildman–Crippen LogP) is 6.64. The molecule has 0 atom stereocenters. The molecule has 0 bridgehead atoms. The summed E-state index contributed by atoms with van der Waals surface area (Å²) in [6.45, 7) is 10.8. The number of hydrogen-bond acceptors (Lipinski definition) is 2. The first-order valence-corrected chi connectivity index (χ1v) is 8.09. The minimum atomic E-state index is -0.195. The number of benzene rings is 1. The van der Waals surface area contributed by atoms with Gasteiger partial charge in [-0.3, -0.25) is 0 Å². The molecular weight excluding hydrogens is 375 g/mol. The van der Waals surface area contributed by atoms with Gasteiger partial charge in [0.15, 0.2) is 0 Å². The van der Waals surface area contributed by atoms with E-state index in [1.807, 2.05) is 26.0 Å². The van der Waals surface area contributed by atoms with Gasteiger partial charge in [0.25, 0.3) is 0 Å². The van der Waals surface area contributed by atoms with Crippen LogP contribution in [0.3, 0.4) is 0 Å². The lowest BCUT2D eigenvalue weighted by atomic mass is 9.92. The summed E-state index contributed by atoms with van der Waals surface area (Å²) in [6.07, 6.45) is 6.76. The Kier molecular flexibility index (Phi) is 10.5. The van der Waals surface area contributed by atoms with E-state index in [2.05, 4.69) is 32.2 Å². The summed E-state index contributed by atoms with van der Waals surface area (Å²) in [5.41, 5.74) is 7.15. The van der Waals surface area contributed by atoms with Crippen molar-refractivity contribution in [2.24, 2.45) is 0 Å². The van der Waals surface area contributed by atoms with Crippen molar-refractivity contribution in [3.8, 4) is 0 Å². The van der Waals surface area contributed by atoms with Crippen LogP contribution < -0.4 is 0 Å². The van der Waals surface area contributed by atoms with Crippen molar-refractivity contribution < 1.29 is 9.13 Å². The molecular formula is C19H26BrFOS. The Bertz CT molecular complexity index is 625. The van der Waals surface area contributed by atoms with Crippen molar-refractivity contribution in [3.05, 3.63) is 50.3 Å². The molecule has 0 saturated carbocycles. The molecule has 0 fully saturated rings. The van der Waals surface area contributed by atoms with Gasteiger partial charge in [0.2, 0.25) is 0 Å². The fourth-order valence-electron chi connectivity index (χ4n) is 2.29. The number of rotatable bonds is 2. The highest BCUT2D eigenvalue weighted by molar-refractivity contribution is 8.93. The Morgan fingerprint density at radius 3 is 2.35 bits per heavy atom. The summed E-state index contributed by atoms with van der Waals surface area (Å²) in [6, 6.07) is 0. The van der Waals surface area contributed by atoms with Crippen LogP contribution in [0.15, 0.2) is 16.7 Å². The number of fused-ring (bicyclic) bond motifs is 1. The topological polar surface area (TPSA) is 9.23 Å². The molecule has 1 aromatic rings. The predicted molar refractivity (Wildman–Crippen MR) is 107 cm³/mol. The Morgan fingerprint density at radius 1 is 1.26 bits per heavy atom. The van der Waals surface area contributed by atoms with E-state index < -0.39 is 0 Å². The summed E-state index contributed by atoms with van der Waals surface area (Å²) in [4.78, 5) is 0.722. The maximum absolute atomic E-state index is 14.5. The highest BCUT2D eigenvalue weighted by Crippen LogP contribution is 2.33. The molecule has 0 spiro atoms. The van der Waals surface area contributed by atoms with Gasteiger partial charge < -0.3 is 4.74 Å². The van der Waals surface area contributed by atoms with E-state index >= 15 is 0 Å². The van der Waals surface area contributed by atoms with E-state index in [1.165, 1.54) is 6.42 Å².